The van der Waals surface area contributed by atoms with E-state index in [2.05, 4.69) is 10.1 Å². The lowest BCUT2D eigenvalue weighted by atomic mass is 10.1. The molecule has 2 aliphatic heterocycles. The minimum absolute atomic E-state index is 0.0439. The summed E-state index contributed by atoms with van der Waals surface area (Å²) in [4.78, 5) is 32.0. The largest absolute Gasteiger partial charge is 0.488 e. The molecule has 0 aliphatic carbocycles. The number of carbonyl (C=O) groups excluding carboxylic acids is 2. The number of piperazine rings is 1. The zero-order valence-corrected chi connectivity index (χ0v) is 19.2. The molecule has 1 aromatic carbocycles. The van der Waals surface area contributed by atoms with Crippen LogP contribution in [0.3, 0.4) is 0 Å². The maximum Gasteiger partial charge on any atom is 0.257 e. The molecule has 0 saturated carbocycles. The molecule has 32 heavy (non-hydrogen) atoms. The van der Waals surface area contributed by atoms with Gasteiger partial charge in [0, 0.05) is 39.3 Å². The average Bonchev–Trinajstić information content (AvgIpc) is 3.47. The Hall–Kier alpha value is -2.87. The fourth-order valence-corrected chi connectivity index (χ4v) is 4.47. The number of amides is 2. The first-order chi connectivity index (χ1) is 15.5. The third-order valence-electron chi connectivity index (χ3n) is 6.60. The first kappa shape index (κ1) is 22.3. The van der Waals surface area contributed by atoms with Crippen LogP contribution in [0.5, 0.6) is 5.75 Å². The molecule has 172 valence electrons. The maximum absolute atomic E-state index is 13.3. The van der Waals surface area contributed by atoms with Crippen molar-refractivity contribution in [3.8, 4) is 5.75 Å². The van der Waals surface area contributed by atoms with Crippen molar-refractivity contribution in [2.24, 2.45) is 0 Å². The lowest BCUT2D eigenvalue weighted by Crippen LogP contribution is -2.55. The molecule has 1 aromatic heterocycles. The fraction of sp³-hybridized carbons (Fsp3) is 0.542. The van der Waals surface area contributed by atoms with Gasteiger partial charge in [-0.3, -0.25) is 14.5 Å². The van der Waals surface area contributed by atoms with Gasteiger partial charge < -0.3 is 19.1 Å². The van der Waals surface area contributed by atoms with Gasteiger partial charge in [-0.05, 0) is 45.7 Å². The highest BCUT2D eigenvalue weighted by Gasteiger charge is 2.31. The number of hydrogen-bond donors (Lipinski definition) is 0. The third kappa shape index (κ3) is 4.65. The van der Waals surface area contributed by atoms with Crippen LogP contribution in [0.4, 0.5) is 0 Å². The van der Waals surface area contributed by atoms with Gasteiger partial charge in [-0.1, -0.05) is 17.3 Å². The van der Waals surface area contributed by atoms with Crippen LogP contribution >= 0.6 is 0 Å². The second-order valence-corrected chi connectivity index (χ2v) is 8.62. The van der Waals surface area contributed by atoms with Crippen molar-refractivity contribution < 1.29 is 18.8 Å². The summed E-state index contributed by atoms with van der Waals surface area (Å²) in [6, 6.07) is 7.19. The Balaban J connectivity index is 1.36. The summed E-state index contributed by atoms with van der Waals surface area (Å²) in [6.45, 7) is 10.3. The van der Waals surface area contributed by atoms with E-state index in [1.54, 1.807) is 6.07 Å². The predicted molar refractivity (Wildman–Crippen MR) is 120 cm³/mol. The smallest absolute Gasteiger partial charge is 0.257 e. The molecular weight excluding hydrogens is 408 g/mol. The number of carbonyl (C=O) groups is 2. The molecular formula is C24H32N4O4. The average molecular weight is 441 g/mol. The number of hydrogen-bond acceptors (Lipinski definition) is 6. The molecule has 0 radical (unpaired) electrons. The molecule has 2 aromatic rings. The fourth-order valence-electron chi connectivity index (χ4n) is 4.47. The Morgan fingerprint density at radius 1 is 1.03 bits per heavy atom. The van der Waals surface area contributed by atoms with Crippen LogP contribution in [0.15, 0.2) is 28.8 Å². The van der Waals surface area contributed by atoms with Gasteiger partial charge in [0.1, 0.15) is 18.1 Å². The lowest BCUT2D eigenvalue weighted by molar-refractivity contribution is -0.135. The quantitative estimate of drug-likeness (QED) is 0.687. The Morgan fingerprint density at radius 2 is 1.72 bits per heavy atom. The second-order valence-electron chi connectivity index (χ2n) is 8.62. The van der Waals surface area contributed by atoms with Crippen LogP contribution in [0, 0.1) is 13.8 Å². The number of nitrogens with zero attached hydrogens (tertiary/aromatic N) is 4. The van der Waals surface area contributed by atoms with Crippen molar-refractivity contribution in [3.63, 3.8) is 0 Å². The van der Waals surface area contributed by atoms with Gasteiger partial charge in [-0.2, -0.15) is 0 Å². The van der Waals surface area contributed by atoms with E-state index >= 15 is 0 Å². The topological polar surface area (TPSA) is 79.1 Å². The summed E-state index contributed by atoms with van der Waals surface area (Å²) in [5.74, 6) is 1.44. The van der Waals surface area contributed by atoms with E-state index in [1.165, 1.54) is 0 Å². The number of likely N-dealkylation sites (tertiary alicyclic amines) is 1. The SMILES string of the molecule is Cc1noc(C)c1COc1ccccc1C(=O)N1CCN(C(C)C(=O)N2CCCC2)CC1. The van der Waals surface area contributed by atoms with E-state index < -0.39 is 0 Å². The minimum Gasteiger partial charge on any atom is -0.488 e. The summed E-state index contributed by atoms with van der Waals surface area (Å²) in [7, 11) is 0. The molecule has 4 rings (SSSR count). The molecule has 3 heterocycles. The Bertz CT molecular complexity index is 939. The van der Waals surface area contributed by atoms with Gasteiger partial charge in [0.05, 0.1) is 22.9 Å². The highest BCUT2D eigenvalue weighted by atomic mass is 16.5. The van der Waals surface area contributed by atoms with E-state index in [1.807, 2.05) is 48.8 Å². The Labute approximate surface area is 189 Å². The highest BCUT2D eigenvalue weighted by Crippen LogP contribution is 2.24. The molecule has 8 heteroatoms. The van der Waals surface area contributed by atoms with Gasteiger partial charge in [0.15, 0.2) is 0 Å². The maximum atomic E-state index is 13.3. The summed E-state index contributed by atoms with van der Waals surface area (Å²) in [6.07, 6.45) is 2.19. The van der Waals surface area contributed by atoms with Crippen molar-refractivity contribution in [1.29, 1.82) is 0 Å². The first-order valence-electron chi connectivity index (χ1n) is 11.4. The zero-order chi connectivity index (χ0) is 22.7. The normalized spacial score (nSPS) is 18.1. The summed E-state index contributed by atoms with van der Waals surface area (Å²) >= 11 is 0. The van der Waals surface area contributed by atoms with Crippen molar-refractivity contribution >= 4 is 11.8 Å². The van der Waals surface area contributed by atoms with Crippen molar-refractivity contribution in [2.45, 2.75) is 46.3 Å². The van der Waals surface area contributed by atoms with E-state index in [-0.39, 0.29) is 17.9 Å². The van der Waals surface area contributed by atoms with Gasteiger partial charge in [0.2, 0.25) is 5.91 Å². The van der Waals surface area contributed by atoms with Gasteiger partial charge in [0.25, 0.3) is 5.91 Å². The third-order valence-corrected chi connectivity index (χ3v) is 6.60. The molecule has 0 spiro atoms. The van der Waals surface area contributed by atoms with Crippen LogP contribution < -0.4 is 4.74 Å². The number of rotatable bonds is 6. The summed E-state index contributed by atoms with van der Waals surface area (Å²) in [5.41, 5.74) is 2.24. The summed E-state index contributed by atoms with van der Waals surface area (Å²) in [5, 5.41) is 3.96. The van der Waals surface area contributed by atoms with E-state index in [0.29, 0.717) is 44.1 Å². The molecule has 0 N–H and O–H groups in total. The molecule has 2 saturated heterocycles. The number of aryl methyl sites for hydroxylation is 2. The number of ether oxygens (including phenoxy) is 1. The first-order valence-corrected chi connectivity index (χ1v) is 11.4. The van der Waals surface area contributed by atoms with Crippen molar-refractivity contribution in [2.75, 3.05) is 39.3 Å². The molecule has 1 unspecified atom stereocenters. The Morgan fingerprint density at radius 3 is 2.38 bits per heavy atom. The van der Waals surface area contributed by atoms with Gasteiger partial charge in [-0.25, -0.2) is 0 Å². The van der Waals surface area contributed by atoms with E-state index in [0.717, 1.165) is 42.9 Å². The predicted octanol–water partition coefficient (Wildman–Crippen LogP) is 2.64. The summed E-state index contributed by atoms with van der Waals surface area (Å²) < 4.78 is 11.2. The highest BCUT2D eigenvalue weighted by molar-refractivity contribution is 5.97. The van der Waals surface area contributed by atoms with Gasteiger partial charge >= 0.3 is 0 Å². The zero-order valence-electron chi connectivity index (χ0n) is 19.2. The monoisotopic (exact) mass is 440 g/mol. The number of aromatic nitrogens is 1. The molecule has 2 aliphatic rings. The van der Waals surface area contributed by atoms with Crippen LogP contribution in [0.1, 0.15) is 47.1 Å². The van der Waals surface area contributed by atoms with Crippen LogP contribution in [0.25, 0.3) is 0 Å². The standard InChI is InChI=1S/C24H32N4O4/c1-17-21(19(3)32-25-17)16-31-22-9-5-4-8-20(22)24(30)28-14-12-26(13-15-28)18(2)23(29)27-10-6-7-11-27/h4-5,8-9,18H,6-7,10-16H2,1-3H3. The van der Waals surface area contributed by atoms with Crippen molar-refractivity contribution in [3.05, 3.63) is 46.8 Å². The lowest BCUT2D eigenvalue weighted by Gasteiger charge is -2.38. The van der Waals surface area contributed by atoms with Crippen molar-refractivity contribution in [1.82, 2.24) is 19.9 Å². The Kier molecular flexibility index (Phi) is 6.79. The molecule has 2 amide bonds. The van der Waals surface area contributed by atoms with Crippen LogP contribution in [0.2, 0.25) is 0 Å². The molecule has 0 bridgehead atoms. The molecule has 8 nitrogen and oxygen atoms in total. The van der Waals surface area contributed by atoms with E-state index in [4.69, 9.17) is 9.26 Å². The second kappa shape index (κ2) is 9.73. The minimum atomic E-state index is -0.143. The van der Waals surface area contributed by atoms with Crippen LogP contribution in [-0.2, 0) is 11.4 Å². The van der Waals surface area contributed by atoms with Gasteiger partial charge in [-0.15, -0.1) is 0 Å². The number of para-hydroxylation sites is 1. The molecule has 1 atom stereocenters. The van der Waals surface area contributed by atoms with Crippen LogP contribution in [-0.4, -0.2) is 77.0 Å². The van der Waals surface area contributed by atoms with E-state index in [9.17, 15) is 9.59 Å². The number of benzene rings is 1. The molecule has 2 fully saturated rings.